The zero-order chi connectivity index (χ0) is 11.1. The number of H-pyrrole nitrogens is 1. The van der Waals surface area contributed by atoms with Gasteiger partial charge in [0, 0.05) is 12.4 Å². The molecule has 78 valence electrons. The third-order valence-corrected chi connectivity index (χ3v) is 2.45. The van der Waals surface area contributed by atoms with Crippen LogP contribution in [0.2, 0.25) is 0 Å². The summed E-state index contributed by atoms with van der Waals surface area (Å²) in [7, 11) is 0. The van der Waals surface area contributed by atoms with E-state index in [9.17, 15) is 4.79 Å². The molecule has 0 saturated heterocycles. The van der Waals surface area contributed by atoms with E-state index in [0.717, 1.165) is 16.6 Å². The molecule has 0 amide bonds. The van der Waals surface area contributed by atoms with Crippen molar-refractivity contribution in [3.05, 3.63) is 40.6 Å². The number of nitrogens with zero attached hydrogens (tertiary/aromatic N) is 3. The molecule has 0 radical (unpaired) electrons. The number of aromatic amines is 1. The number of aryl methyl sites for hydroxylation is 1. The molecule has 5 heteroatoms. The maximum absolute atomic E-state index is 11.4. The van der Waals surface area contributed by atoms with Crippen molar-refractivity contribution in [2.24, 2.45) is 0 Å². The van der Waals surface area contributed by atoms with Gasteiger partial charge in [-0.1, -0.05) is 0 Å². The number of fused-ring (bicyclic) bond motifs is 2. The second-order valence-corrected chi connectivity index (χ2v) is 3.57. The van der Waals surface area contributed by atoms with Crippen LogP contribution in [0.25, 0.3) is 22.1 Å². The average Bonchev–Trinajstić information content (AvgIpc) is 2.28. The van der Waals surface area contributed by atoms with Crippen LogP contribution in [0.5, 0.6) is 0 Å². The lowest BCUT2D eigenvalue weighted by molar-refractivity contribution is 1.12. The molecule has 3 aromatic rings. The fourth-order valence-electron chi connectivity index (χ4n) is 1.64. The molecular formula is C11H8N4O. The molecule has 0 aliphatic carbocycles. The van der Waals surface area contributed by atoms with Gasteiger partial charge in [-0.25, -0.2) is 4.98 Å². The van der Waals surface area contributed by atoms with Crippen molar-refractivity contribution < 1.29 is 0 Å². The Bertz CT molecular complexity index is 748. The van der Waals surface area contributed by atoms with Crippen LogP contribution in [0, 0.1) is 6.92 Å². The first-order valence-electron chi connectivity index (χ1n) is 4.85. The molecule has 0 fully saturated rings. The number of hydrogen-bond acceptors (Lipinski definition) is 4. The van der Waals surface area contributed by atoms with E-state index in [2.05, 4.69) is 19.9 Å². The molecule has 0 aliphatic rings. The van der Waals surface area contributed by atoms with Crippen molar-refractivity contribution in [2.45, 2.75) is 6.92 Å². The number of nitrogens with one attached hydrogen (secondary N) is 1. The molecule has 0 unspecified atom stereocenters. The first-order valence-corrected chi connectivity index (χ1v) is 4.85. The average molecular weight is 212 g/mol. The van der Waals surface area contributed by atoms with Gasteiger partial charge in [0.05, 0.1) is 22.1 Å². The van der Waals surface area contributed by atoms with Gasteiger partial charge in [0.2, 0.25) is 0 Å². The van der Waals surface area contributed by atoms with Crippen molar-refractivity contribution in [3.63, 3.8) is 0 Å². The van der Waals surface area contributed by atoms with Gasteiger partial charge in [0.15, 0.2) is 0 Å². The Morgan fingerprint density at radius 3 is 2.50 bits per heavy atom. The smallest absolute Gasteiger partial charge is 0.269 e. The molecule has 1 N–H and O–H groups in total. The summed E-state index contributed by atoms with van der Waals surface area (Å²) in [5, 5.41) is 0. The van der Waals surface area contributed by atoms with Crippen molar-refractivity contribution in [1.29, 1.82) is 0 Å². The normalized spacial score (nSPS) is 11.1. The van der Waals surface area contributed by atoms with E-state index < -0.39 is 0 Å². The molecule has 3 rings (SSSR count). The van der Waals surface area contributed by atoms with Gasteiger partial charge >= 0.3 is 0 Å². The van der Waals surface area contributed by atoms with Gasteiger partial charge in [-0.15, -0.1) is 0 Å². The zero-order valence-corrected chi connectivity index (χ0v) is 8.56. The Balaban J connectivity index is 2.51. The number of benzene rings is 1. The minimum absolute atomic E-state index is 0.171. The van der Waals surface area contributed by atoms with Gasteiger partial charge in [-0.3, -0.25) is 14.8 Å². The molecule has 1 aromatic carbocycles. The molecule has 0 saturated carbocycles. The fraction of sp³-hybridized carbons (Fsp3) is 0.0909. The van der Waals surface area contributed by atoms with Crippen LogP contribution in [0.4, 0.5) is 0 Å². The van der Waals surface area contributed by atoms with Crippen LogP contribution in [0.15, 0.2) is 29.3 Å². The Hall–Kier alpha value is -2.30. The summed E-state index contributed by atoms with van der Waals surface area (Å²) >= 11 is 0. The van der Waals surface area contributed by atoms with E-state index >= 15 is 0 Å². The lowest BCUT2D eigenvalue weighted by Crippen LogP contribution is -2.11. The van der Waals surface area contributed by atoms with E-state index in [1.165, 1.54) is 0 Å². The van der Waals surface area contributed by atoms with E-state index in [4.69, 9.17) is 0 Å². The quantitative estimate of drug-likeness (QED) is 0.568. The van der Waals surface area contributed by atoms with Crippen molar-refractivity contribution >= 4 is 22.1 Å². The molecule has 0 aliphatic heterocycles. The largest absolute Gasteiger partial charge is 0.319 e. The molecule has 16 heavy (non-hydrogen) atoms. The Labute approximate surface area is 90.2 Å². The van der Waals surface area contributed by atoms with Gasteiger partial charge in [0.25, 0.3) is 5.56 Å². The fourth-order valence-corrected chi connectivity index (χ4v) is 1.64. The SMILES string of the molecule is Cc1nc2cc3nccnc3cc2[nH]c1=O. The summed E-state index contributed by atoms with van der Waals surface area (Å²) in [5.74, 6) is 0. The summed E-state index contributed by atoms with van der Waals surface area (Å²) in [6.07, 6.45) is 3.25. The summed E-state index contributed by atoms with van der Waals surface area (Å²) in [5.41, 5.74) is 3.21. The van der Waals surface area contributed by atoms with Crippen molar-refractivity contribution in [2.75, 3.05) is 0 Å². The van der Waals surface area contributed by atoms with Crippen LogP contribution in [0.3, 0.4) is 0 Å². The predicted octanol–water partition coefficient (Wildman–Crippen LogP) is 1.17. The van der Waals surface area contributed by atoms with E-state index in [1.807, 2.05) is 6.07 Å². The van der Waals surface area contributed by atoms with Crippen LogP contribution < -0.4 is 5.56 Å². The highest BCUT2D eigenvalue weighted by atomic mass is 16.1. The minimum Gasteiger partial charge on any atom is -0.319 e. The van der Waals surface area contributed by atoms with E-state index in [1.54, 1.807) is 25.4 Å². The van der Waals surface area contributed by atoms with Gasteiger partial charge in [-0.05, 0) is 19.1 Å². The van der Waals surface area contributed by atoms with Gasteiger partial charge in [-0.2, -0.15) is 0 Å². The molecule has 2 aromatic heterocycles. The molecule has 0 bridgehead atoms. The van der Waals surface area contributed by atoms with Crippen LogP contribution in [-0.4, -0.2) is 19.9 Å². The number of aromatic nitrogens is 4. The Morgan fingerprint density at radius 1 is 1.06 bits per heavy atom. The summed E-state index contributed by atoms with van der Waals surface area (Å²) in [4.78, 5) is 26.8. The molecular weight excluding hydrogens is 204 g/mol. The first kappa shape index (κ1) is 8.96. The lowest BCUT2D eigenvalue weighted by Gasteiger charge is -2.00. The maximum atomic E-state index is 11.4. The monoisotopic (exact) mass is 212 g/mol. The minimum atomic E-state index is -0.171. The van der Waals surface area contributed by atoms with Crippen LogP contribution in [0.1, 0.15) is 5.69 Å². The molecule has 2 heterocycles. The standard InChI is InChI=1S/C11H8N4O/c1-6-11(16)15-10-5-8-7(4-9(10)14-6)12-2-3-13-8/h2-5H,1H3,(H,15,16). The van der Waals surface area contributed by atoms with Gasteiger partial charge < -0.3 is 4.98 Å². The highest BCUT2D eigenvalue weighted by Crippen LogP contribution is 2.15. The van der Waals surface area contributed by atoms with Crippen LogP contribution in [-0.2, 0) is 0 Å². The zero-order valence-electron chi connectivity index (χ0n) is 8.56. The number of rotatable bonds is 0. The number of hydrogen-bond donors (Lipinski definition) is 1. The Morgan fingerprint density at radius 2 is 1.75 bits per heavy atom. The topological polar surface area (TPSA) is 71.5 Å². The summed E-state index contributed by atoms with van der Waals surface area (Å²) in [6.45, 7) is 1.68. The Kier molecular flexibility index (Phi) is 1.73. The van der Waals surface area contributed by atoms with Gasteiger partial charge in [0.1, 0.15) is 5.69 Å². The third-order valence-electron chi connectivity index (χ3n) is 2.45. The third kappa shape index (κ3) is 1.25. The van der Waals surface area contributed by atoms with Crippen molar-refractivity contribution in [3.8, 4) is 0 Å². The second-order valence-electron chi connectivity index (χ2n) is 3.57. The molecule has 0 spiro atoms. The summed E-state index contributed by atoms with van der Waals surface area (Å²) in [6, 6.07) is 3.60. The lowest BCUT2D eigenvalue weighted by atomic mass is 10.2. The first-order chi connectivity index (χ1) is 7.74. The summed E-state index contributed by atoms with van der Waals surface area (Å²) < 4.78 is 0. The maximum Gasteiger partial charge on any atom is 0.269 e. The van der Waals surface area contributed by atoms with Crippen molar-refractivity contribution in [1.82, 2.24) is 19.9 Å². The predicted molar refractivity (Wildman–Crippen MR) is 60.2 cm³/mol. The highest BCUT2D eigenvalue weighted by molar-refractivity contribution is 5.90. The second kappa shape index (κ2) is 3.10. The molecule has 0 atom stereocenters. The molecule has 5 nitrogen and oxygen atoms in total. The van der Waals surface area contributed by atoms with E-state index in [0.29, 0.717) is 11.2 Å². The highest BCUT2D eigenvalue weighted by Gasteiger charge is 2.03. The van der Waals surface area contributed by atoms with E-state index in [-0.39, 0.29) is 5.56 Å². The van der Waals surface area contributed by atoms with Crippen LogP contribution >= 0.6 is 0 Å².